The van der Waals surface area contributed by atoms with Gasteiger partial charge in [0.1, 0.15) is 11.2 Å². The van der Waals surface area contributed by atoms with Crippen molar-refractivity contribution in [1.82, 2.24) is 4.57 Å². The molecule has 12 aromatic carbocycles. The maximum atomic E-state index is 6.32. The fraction of sp³-hybridized carbons (Fsp3) is 0.0137. The summed E-state index contributed by atoms with van der Waals surface area (Å²) in [5, 5.41) is 4.67. The van der Waals surface area contributed by atoms with Crippen LogP contribution in [0.1, 0.15) is 22.3 Å². The van der Waals surface area contributed by atoms with Gasteiger partial charge in [0.25, 0.3) is 0 Å². The van der Waals surface area contributed by atoms with Crippen LogP contribution in [-0.2, 0) is 5.41 Å². The van der Waals surface area contributed by atoms with E-state index in [1.165, 1.54) is 66.4 Å². The van der Waals surface area contributed by atoms with Crippen molar-refractivity contribution in [2.24, 2.45) is 0 Å². The van der Waals surface area contributed by atoms with Gasteiger partial charge in [-0.1, -0.05) is 218 Å². The largest absolute Gasteiger partial charge is 0.456 e. The molecule has 1 unspecified atom stereocenters. The molecular formula is C73H48N2O. The van der Waals surface area contributed by atoms with E-state index in [9.17, 15) is 0 Å². The van der Waals surface area contributed by atoms with Crippen LogP contribution in [0, 0.1) is 0 Å². The van der Waals surface area contributed by atoms with E-state index in [1.807, 2.05) is 12.1 Å². The lowest BCUT2D eigenvalue weighted by Crippen LogP contribution is -2.28. The van der Waals surface area contributed by atoms with Crippen LogP contribution in [-0.4, -0.2) is 4.57 Å². The molecule has 1 atom stereocenters. The Hall–Kier alpha value is -9.96. The molecule has 0 bridgehead atoms. The van der Waals surface area contributed by atoms with Gasteiger partial charge in [-0.05, 0) is 140 Å². The number of furan rings is 1. The summed E-state index contributed by atoms with van der Waals surface area (Å²) in [5.41, 5.74) is 22.5. The molecule has 0 fully saturated rings. The quantitative estimate of drug-likeness (QED) is 0.144. The van der Waals surface area contributed by atoms with Crippen molar-refractivity contribution < 1.29 is 4.42 Å². The van der Waals surface area contributed by atoms with Gasteiger partial charge < -0.3 is 13.9 Å². The number of hydrogen-bond donors (Lipinski definition) is 0. The Kier molecular flexibility index (Phi) is 10.1. The van der Waals surface area contributed by atoms with E-state index in [0.29, 0.717) is 0 Å². The van der Waals surface area contributed by atoms with E-state index in [2.05, 4.69) is 289 Å². The lowest BCUT2D eigenvalue weighted by molar-refractivity contribution is 0.669. The zero-order valence-electron chi connectivity index (χ0n) is 41.5. The summed E-state index contributed by atoms with van der Waals surface area (Å²) >= 11 is 0. The Morgan fingerprint density at radius 3 is 1.62 bits per heavy atom. The van der Waals surface area contributed by atoms with Gasteiger partial charge >= 0.3 is 0 Å². The zero-order valence-corrected chi connectivity index (χ0v) is 41.5. The Balaban J connectivity index is 0.908. The number of anilines is 3. The second-order valence-corrected chi connectivity index (χ2v) is 20.0. The monoisotopic (exact) mass is 968 g/mol. The first kappa shape index (κ1) is 43.6. The summed E-state index contributed by atoms with van der Waals surface area (Å²) in [4.78, 5) is 2.39. The number of nitrogens with zero attached hydrogens (tertiary/aromatic N) is 2. The maximum Gasteiger partial charge on any atom is 0.136 e. The van der Waals surface area contributed by atoms with Gasteiger partial charge in [0.2, 0.25) is 0 Å². The topological polar surface area (TPSA) is 21.3 Å². The van der Waals surface area contributed by atoms with Crippen LogP contribution < -0.4 is 4.90 Å². The Labute approximate surface area is 441 Å². The van der Waals surface area contributed by atoms with Crippen molar-refractivity contribution in [1.29, 1.82) is 0 Å². The Morgan fingerprint density at radius 2 is 0.842 bits per heavy atom. The van der Waals surface area contributed by atoms with E-state index < -0.39 is 5.41 Å². The molecule has 0 saturated carbocycles. The number of rotatable bonds is 9. The van der Waals surface area contributed by atoms with Crippen LogP contribution in [0.25, 0.3) is 93.9 Å². The first-order valence-corrected chi connectivity index (χ1v) is 26.1. The molecular weight excluding hydrogens is 921 g/mol. The average molecular weight is 969 g/mol. The maximum absolute atomic E-state index is 6.32. The van der Waals surface area contributed by atoms with Crippen molar-refractivity contribution in [3.8, 4) is 50.2 Å². The fourth-order valence-electron chi connectivity index (χ4n) is 12.5. The predicted molar refractivity (Wildman–Crippen MR) is 316 cm³/mol. The van der Waals surface area contributed by atoms with E-state index in [1.54, 1.807) is 0 Å². The van der Waals surface area contributed by atoms with Crippen LogP contribution in [0.5, 0.6) is 0 Å². The highest BCUT2D eigenvalue weighted by molar-refractivity contribution is 6.13. The zero-order chi connectivity index (χ0) is 50.2. The van der Waals surface area contributed by atoms with Gasteiger partial charge in [-0.2, -0.15) is 0 Å². The van der Waals surface area contributed by atoms with Crippen LogP contribution >= 0.6 is 0 Å². The molecule has 76 heavy (non-hydrogen) atoms. The molecule has 2 heterocycles. The smallest absolute Gasteiger partial charge is 0.136 e. The van der Waals surface area contributed by atoms with Crippen molar-refractivity contribution in [3.63, 3.8) is 0 Å². The minimum Gasteiger partial charge on any atom is -0.456 e. The van der Waals surface area contributed by atoms with Gasteiger partial charge in [-0.15, -0.1) is 0 Å². The van der Waals surface area contributed by atoms with Crippen molar-refractivity contribution in [2.45, 2.75) is 5.41 Å². The molecule has 2 aromatic heterocycles. The SMILES string of the molecule is c1ccc(-c2ccc(N(c3ccc(-c4cccc5oc6ccccc6c45)cc3)c3ccc4c5ccccc5n(-c5ccc6c(c5)-c5ccccc5C6(c5ccccc5)c5cccc(-c6ccccc6)c5)c4c3)cc2)cc1. The van der Waals surface area contributed by atoms with E-state index in [-0.39, 0.29) is 0 Å². The van der Waals surface area contributed by atoms with Gasteiger partial charge in [-0.25, -0.2) is 0 Å². The standard InChI is InChI=1S/C73H48N2O/c1-4-18-49(19-5-1)51-34-38-56(39-35-51)74(57-40-36-52(37-41-57)60-29-17-33-71-72(60)64-28-12-15-32-70(64)76-71)59-42-44-63-62-27-11-14-31-68(62)75(69(63)48-59)58-43-45-67-65(47-58)61-26-10-13-30-66(61)73(67,54-23-8-3-9-24-54)55-25-16-22-53(46-55)50-20-6-2-7-21-50/h1-48H. The molecule has 0 saturated heterocycles. The van der Waals surface area contributed by atoms with Crippen molar-refractivity contribution in [2.75, 3.05) is 4.90 Å². The Bertz CT molecular complexity index is 4500. The summed E-state index contributed by atoms with van der Waals surface area (Å²) in [6.07, 6.45) is 0. The lowest BCUT2D eigenvalue weighted by Gasteiger charge is -2.34. The molecule has 15 rings (SSSR count). The molecule has 1 aliphatic rings. The molecule has 14 aromatic rings. The third-order valence-corrected chi connectivity index (χ3v) is 15.9. The third kappa shape index (κ3) is 6.83. The molecule has 0 amide bonds. The molecule has 0 spiro atoms. The first-order valence-electron chi connectivity index (χ1n) is 26.1. The lowest BCUT2D eigenvalue weighted by atomic mass is 9.67. The summed E-state index contributed by atoms with van der Waals surface area (Å²) in [7, 11) is 0. The second kappa shape index (κ2) is 17.6. The number of fused-ring (bicyclic) bond motifs is 9. The summed E-state index contributed by atoms with van der Waals surface area (Å²) in [5.74, 6) is 0. The number of aromatic nitrogens is 1. The minimum absolute atomic E-state index is 0.546. The van der Waals surface area contributed by atoms with E-state index >= 15 is 0 Å². The molecule has 3 heteroatoms. The summed E-state index contributed by atoms with van der Waals surface area (Å²) < 4.78 is 8.80. The fourth-order valence-corrected chi connectivity index (χ4v) is 12.5. The molecule has 3 nitrogen and oxygen atoms in total. The van der Waals surface area contributed by atoms with Gasteiger partial charge in [0.05, 0.1) is 16.4 Å². The highest BCUT2D eigenvalue weighted by atomic mass is 16.3. The van der Waals surface area contributed by atoms with Gasteiger partial charge in [-0.3, -0.25) is 0 Å². The van der Waals surface area contributed by atoms with Crippen molar-refractivity contribution in [3.05, 3.63) is 313 Å². The second-order valence-electron chi connectivity index (χ2n) is 20.0. The summed E-state index contributed by atoms with van der Waals surface area (Å²) in [6.45, 7) is 0. The minimum atomic E-state index is -0.546. The molecule has 356 valence electrons. The van der Waals surface area contributed by atoms with Crippen molar-refractivity contribution >= 4 is 60.8 Å². The predicted octanol–water partition coefficient (Wildman–Crippen LogP) is 19.5. The number of para-hydroxylation sites is 2. The summed E-state index contributed by atoms with van der Waals surface area (Å²) in [6, 6.07) is 106. The molecule has 0 aliphatic heterocycles. The van der Waals surface area contributed by atoms with Gasteiger partial charge in [0.15, 0.2) is 0 Å². The van der Waals surface area contributed by atoms with E-state index in [0.717, 1.165) is 66.8 Å². The van der Waals surface area contributed by atoms with E-state index in [4.69, 9.17) is 4.42 Å². The molecule has 0 radical (unpaired) electrons. The van der Waals surface area contributed by atoms with Gasteiger partial charge in [0, 0.05) is 44.3 Å². The van der Waals surface area contributed by atoms with Crippen LogP contribution in [0.3, 0.4) is 0 Å². The third-order valence-electron chi connectivity index (χ3n) is 15.9. The average Bonchev–Trinajstić information content (AvgIpc) is 4.15. The van der Waals surface area contributed by atoms with Crippen LogP contribution in [0.15, 0.2) is 296 Å². The Morgan fingerprint density at radius 1 is 0.303 bits per heavy atom. The highest BCUT2D eigenvalue weighted by Crippen LogP contribution is 2.57. The number of benzene rings is 12. The molecule has 0 N–H and O–H groups in total. The highest BCUT2D eigenvalue weighted by Gasteiger charge is 2.46. The number of hydrogen-bond acceptors (Lipinski definition) is 2. The molecule has 1 aliphatic carbocycles. The van der Waals surface area contributed by atoms with Crippen LogP contribution in [0.4, 0.5) is 17.1 Å². The normalized spacial score (nSPS) is 13.8. The first-order chi connectivity index (χ1) is 37.7. The van der Waals surface area contributed by atoms with Crippen LogP contribution in [0.2, 0.25) is 0 Å².